The van der Waals surface area contributed by atoms with E-state index < -0.39 is 5.82 Å². The van der Waals surface area contributed by atoms with Gasteiger partial charge < -0.3 is 9.30 Å². The molecule has 1 aromatic carbocycles. The van der Waals surface area contributed by atoms with E-state index in [9.17, 15) is 9.18 Å². The van der Waals surface area contributed by atoms with Gasteiger partial charge in [-0.2, -0.15) is 0 Å². The highest BCUT2D eigenvalue weighted by molar-refractivity contribution is 5.85. The second-order valence-corrected chi connectivity index (χ2v) is 3.61. The van der Waals surface area contributed by atoms with E-state index in [-0.39, 0.29) is 5.56 Å². The summed E-state index contributed by atoms with van der Waals surface area (Å²) < 4.78 is 20.0. The van der Waals surface area contributed by atoms with Crippen molar-refractivity contribution in [3.63, 3.8) is 0 Å². The van der Waals surface area contributed by atoms with Crippen LogP contribution in [0.3, 0.4) is 0 Å². The molecule has 1 aromatic heterocycles. The minimum absolute atomic E-state index is 0.190. The molecule has 88 valence electrons. The molecule has 0 fully saturated rings. The van der Waals surface area contributed by atoms with Crippen LogP contribution >= 0.6 is 0 Å². The van der Waals surface area contributed by atoms with Crippen LogP contribution in [0.15, 0.2) is 41.7 Å². The molecule has 2 aromatic rings. The van der Waals surface area contributed by atoms with E-state index in [0.717, 1.165) is 0 Å². The summed E-state index contributed by atoms with van der Waals surface area (Å²) in [7, 11) is 1.47. The molecule has 0 unspecified atom stereocenters. The lowest BCUT2D eigenvalue weighted by Crippen LogP contribution is -2.18. The van der Waals surface area contributed by atoms with Crippen molar-refractivity contribution in [2.24, 2.45) is 0 Å². The Kier molecular flexibility index (Phi) is 2.95. The Morgan fingerprint density at radius 3 is 2.88 bits per heavy atom. The van der Waals surface area contributed by atoms with Gasteiger partial charge in [-0.25, -0.2) is 4.39 Å². The third-order valence-electron chi connectivity index (χ3n) is 2.57. The maximum atomic E-state index is 13.4. The number of ether oxygens (including phenoxy) is 1. The zero-order chi connectivity index (χ0) is 12.4. The first-order chi connectivity index (χ1) is 8.17. The Morgan fingerprint density at radius 1 is 1.47 bits per heavy atom. The van der Waals surface area contributed by atoms with Gasteiger partial charge in [0.05, 0.1) is 12.6 Å². The van der Waals surface area contributed by atoms with E-state index >= 15 is 0 Å². The third kappa shape index (κ3) is 1.93. The Labute approximate surface area is 97.8 Å². The summed E-state index contributed by atoms with van der Waals surface area (Å²) in [6.07, 6.45) is 1.60. The van der Waals surface area contributed by atoms with Crippen LogP contribution in [0.2, 0.25) is 0 Å². The topological polar surface area (TPSA) is 31.2 Å². The van der Waals surface area contributed by atoms with Crippen molar-refractivity contribution in [3.05, 3.63) is 53.1 Å². The van der Waals surface area contributed by atoms with Crippen LogP contribution in [-0.2, 0) is 6.54 Å². The number of hydrogen-bond donors (Lipinski definition) is 0. The van der Waals surface area contributed by atoms with Crippen LogP contribution in [0, 0.1) is 5.82 Å². The van der Waals surface area contributed by atoms with E-state index in [2.05, 4.69) is 6.58 Å². The molecule has 1 heterocycles. The molecule has 0 bridgehead atoms. The van der Waals surface area contributed by atoms with Gasteiger partial charge in [-0.15, -0.1) is 6.58 Å². The second kappa shape index (κ2) is 4.41. The Morgan fingerprint density at radius 2 is 2.24 bits per heavy atom. The predicted octanol–water partition coefficient (Wildman–Crippen LogP) is 2.34. The monoisotopic (exact) mass is 233 g/mol. The first-order valence-electron chi connectivity index (χ1n) is 5.15. The zero-order valence-corrected chi connectivity index (χ0v) is 9.44. The molecule has 0 aliphatic heterocycles. The second-order valence-electron chi connectivity index (χ2n) is 3.61. The van der Waals surface area contributed by atoms with Gasteiger partial charge in [-0.05, 0) is 12.1 Å². The van der Waals surface area contributed by atoms with Gasteiger partial charge in [0.1, 0.15) is 11.6 Å². The van der Waals surface area contributed by atoms with Crippen LogP contribution in [0.5, 0.6) is 5.75 Å². The van der Waals surface area contributed by atoms with E-state index in [0.29, 0.717) is 23.2 Å². The molecular weight excluding hydrogens is 221 g/mol. The standard InChI is InChI=1S/C13H12FNO2/c1-3-6-15-11-7-9(14)8-12(17-2)10(11)4-5-13(15)16/h3-5,7-8H,1,6H2,2H3. The number of allylic oxidation sites excluding steroid dienone is 1. The number of rotatable bonds is 3. The predicted molar refractivity (Wildman–Crippen MR) is 64.9 cm³/mol. The lowest BCUT2D eigenvalue weighted by Gasteiger charge is -2.10. The van der Waals surface area contributed by atoms with E-state index in [1.165, 1.54) is 29.9 Å². The molecule has 2 rings (SSSR count). The lowest BCUT2D eigenvalue weighted by atomic mass is 10.2. The highest BCUT2D eigenvalue weighted by atomic mass is 19.1. The molecule has 0 aliphatic rings. The van der Waals surface area contributed by atoms with Gasteiger partial charge in [-0.3, -0.25) is 4.79 Å². The summed E-state index contributed by atoms with van der Waals surface area (Å²) in [6, 6.07) is 5.69. The molecule has 4 heteroatoms. The number of nitrogens with zero attached hydrogens (tertiary/aromatic N) is 1. The van der Waals surface area contributed by atoms with E-state index in [1.54, 1.807) is 12.1 Å². The van der Waals surface area contributed by atoms with Gasteiger partial charge in [0.25, 0.3) is 5.56 Å². The van der Waals surface area contributed by atoms with Crippen LogP contribution in [0.4, 0.5) is 4.39 Å². The van der Waals surface area contributed by atoms with Crippen molar-refractivity contribution in [2.45, 2.75) is 6.54 Å². The van der Waals surface area contributed by atoms with Gasteiger partial charge in [0, 0.05) is 24.1 Å². The smallest absolute Gasteiger partial charge is 0.251 e. The highest BCUT2D eigenvalue weighted by Gasteiger charge is 2.08. The van der Waals surface area contributed by atoms with Crippen molar-refractivity contribution in [3.8, 4) is 5.75 Å². The maximum Gasteiger partial charge on any atom is 0.251 e. The molecule has 3 nitrogen and oxygen atoms in total. The van der Waals surface area contributed by atoms with Crippen LogP contribution in [0.25, 0.3) is 10.9 Å². The summed E-state index contributed by atoms with van der Waals surface area (Å²) in [6.45, 7) is 3.92. The SMILES string of the molecule is C=CCn1c(=O)ccc2c(OC)cc(F)cc21. The number of pyridine rings is 1. The number of fused-ring (bicyclic) bond motifs is 1. The van der Waals surface area contributed by atoms with Crippen molar-refractivity contribution in [1.82, 2.24) is 4.57 Å². The number of aromatic nitrogens is 1. The van der Waals surface area contributed by atoms with E-state index in [1.807, 2.05) is 0 Å². The Hall–Kier alpha value is -2.10. The van der Waals surface area contributed by atoms with Gasteiger partial charge in [-0.1, -0.05) is 6.08 Å². The lowest BCUT2D eigenvalue weighted by molar-refractivity contribution is 0.416. The number of benzene rings is 1. The van der Waals surface area contributed by atoms with Crippen molar-refractivity contribution < 1.29 is 9.13 Å². The van der Waals surface area contributed by atoms with Crippen molar-refractivity contribution in [1.29, 1.82) is 0 Å². The molecule has 17 heavy (non-hydrogen) atoms. The van der Waals surface area contributed by atoms with E-state index in [4.69, 9.17) is 4.74 Å². The Bertz CT molecular complexity index is 631. The molecule has 0 spiro atoms. The first-order valence-corrected chi connectivity index (χ1v) is 5.15. The fraction of sp³-hybridized carbons (Fsp3) is 0.154. The van der Waals surface area contributed by atoms with Crippen LogP contribution < -0.4 is 10.3 Å². The highest BCUT2D eigenvalue weighted by Crippen LogP contribution is 2.25. The molecule has 0 saturated carbocycles. The fourth-order valence-corrected chi connectivity index (χ4v) is 1.82. The first kappa shape index (κ1) is 11.4. The van der Waals surface area contributed by atoms with Gasteiger partial charge >= 0.3 is 0 Å². The quantitative estimate of drug-likeness (QED) is 0.762. The number of halogens is 1. The molecule has 0 saturated heterocycles. The molecule has 0 aliphatic carbocycles. The molecule has 0 N–H and O–H groups in total. The molecule has 0 radical (unpaired) electrons. The van der Waals surface area contributed by atoms with Crippen molar-refractivity contribution in [2.75, 3.05) is 7.11 Å². The summed E-state index contributed by atoms with van der Waals surface area (Å²) in [4.78, 5) is 11.7. The minimum atomic E-state index is -0.433. The van der Waals surface area contributed by atoms with Crippen LogP contribution in [-0.4, -0.2) is 11.7 Å². The summed E-state index contributed by atoms with van der Waals surface area (Å²) in [5.41, 5.74) is 0.319. The summed E-state index contributed by atoms with van der Waals surface area (Å²) in [5.74, 6) is -0.0180. The molecule has 0 atom stereocenters. The molecular formula is C13H12FNO2. The fourth-order valence-electron chi connectivity index (χ4n) is 1.82. The Balaban J connectivity index is 2.88. The zero-order valence-electron chi connectivity index (χ0n) is 9.44. The van der Waals surface area contributed by atoms with Gasteiger partial charge in [0.15, 0.2) is 0 Å². The summed E-state index contributed by atoms with van der Waals surface area (Å²) >= 11 is 0. The summed E-state index contributed by atoms with van der Waals surface area (Å²) in [5, 5.41) is 0.704. The molecule has 0 amide bonds. The van der Waals surface area contributed by atoms with Crippen LogP contribution in [0.1, 0.15) is 0 Å². The number of methoxy groups -OCH3 is 1. The van der Waals surface area contributed by atoms with Gasteiger partial charge in [0.2, 0.25) is 0 Å². The average Bonchev–Trinajstić information content (AvgIpc) is 2.32. The third-order valence-corrected chi connectivity index (χ3v) is 2.57. The maximum absolute atomic E-state index is 13.4. The minimum Gasteiger partial charge on any atom is -0.496 e. The largest absolute Gasteiger partial charge is 0.496 e. The normalized spacial score (nSPS) is 10.5. The number of hydrogen-bond acceptors (Lipinski definition) is 2. The average molecular weight is 233 g/mol. The van der Waals surface area contributed by atoms with Crippen molar-refractivity contribution >= 4 is 10.9 Å².